The molecule has 0 fully saturated rings. The minimum absolute atomic E-state index is 0.0139. The van der Waals surface area contributed by atoms with E-state index in [1.165, 1.54) is 15.3 Å². The molecule has 2 atom stereocenters. The van der Waals surface area contributed by atoms with Crippen LogP contribution < -0.4 is 4.74 Å². The number of hydrogen-bond acceptors (Lipinski definition) is 2. The first-order valence-corrected chi connectivity index (χ1v) is 8.33. The lowest BCUT2D eigenvalue weighted by molar-refractivity contribution is 0.265. The predicted octanol–water partition coefficient (Wildman–Crippen LogP) is 5.67. The van der Waals surface area contributed by atoms with Gasteiger partial charge in [0.2, 0.25) is 0 Å². The van der Waals surface area contributed by atoms with E-state index in [0.717, 1.165) is 23.2 Å². The van der Waals surface area contributed by atoms with Crippen LogP contribution in [0.2, 0.25) is 0 Å². The van der Waals surface area contributed by atoms with Gasteiger partial charge < -0.3 is 4.74 Å². The van der Waals surface area contributed by atoms with Gasteiger partial charge in [-0.15, -0.1) is 22.9 Å². The fourth-order valence-corrected chi connectivity index (χ4v) is 4.55. The molecule has 0 saturated heterocycles. The molecule has 3 rings (SSSR count). The van der Waals surface area contributed by atoms with Gasteiger partial charge in [0.25, 0.3) is 0 Å². The third-order valence-electron chi connectivity index (χ3n) is 3.51. The van der Waals surface area contributed by atoms with Crippen LogP contribution in [-0.2, 0) is 0 Å². The summed E-state index contributed by atoms with van der Waals surface area (Å²) in [5, 5.41) is 0.0139. The summed E-state index contributed by atoms with van der Waals surface area (Å²) in [6, 6.07) is 10.4. The van der Waals surface area contributed by atoms with E-state index in [9.17, 15) is 0 Å². The minimum Gasteiger partial charge on any atom is -0.493 e. The molecule has 0 aliphatic carbocycles. The van der Waals surface area contributed by atoms with Gasteiger partial charge in [0, 0.05) is 20.1 Å². The summed E-state index contributed by atoms with van der Waals surface area (Å²) in [6.07, 6.45) is 0.972. The van der Waals surface area contributed by atoms with Crippen molar-refractivity contribution in [2.45, 2.75) is 24.6 Å². The number of alkyl halides is 1. The zero-order valence-electron chi connectivity index (χ0n) is 10.5. The average Bonchev–Trinajstić information content (AvgIpc) is 2.77. The number of aryl methyl sites for hydroxylation is 1. The Hall–Kier alpha value is -0.510. The normalized spacial score (nSPS) is 19.6. The summed E-state index contributed by atoms with van der Waals surface area (Å²) >= 11 is 12.1. The maximum Gasteiger partial charge on any atom is 0.122 e. The van der Waals surface area contributed by atoms with E-state index < -0.39 is 0 Å². The van der Waals surface area contributed by atoms with Crippen LogP contribution in [0.5, 0.6) is 5.75 Å². The Kier molecular flexibility index (Phi) is 3.88. The Morgan fingerprint density at radius 2 is 2.21 bits per heavy atom. The number of para-hydroxylation sites is 1. The SMILES string of the molecule is Cc1sc(C(Cl)C2CCOc3ccccc32)cc1Br. The van der Waals surface area contributed by atoms with Gasteiger partial charge >= 0.3 is 0 Å². The van der Waals surface area contributed by atoms with E-state index >= 15 is 0 Å². The van der Waals surface area contributed by atoms with Crippen molar-refractivity contribution in [3.05, 3.63) is 50.1 Å². The summed E-state index contributed by atoms with van der Waals surface area (Å²) in [6.45, 7) is 2.86. The molecule has 2 heterocycles. The van der Waals surface area contributed by atoms with Gasteiger partial charge in [-0.3, -0.25) is 0 Å². The van der Waals surface area contributed by atoms with Gasteiger partial charge in [0.05, 0.1) is 12.0 Å². The lowest BCUT2D eigenvalue weighted by Gasteiger charge is -2.28. The standard InChI is InChI=1S/C15H14BrClOS/c1-9-12(16)8-14(19-9)15(17)11-6-7-18-13-5-3-2-4-10(11)13/h2-5,8,11,15H,6-7H2,1H3. The van der Waals surface area contributed by atoms with Crippen molar-refractivity contribution in [3.63, 3.8) is 0 Å². The average molecular weight is 358 g/mol. The smallest absolute Gasteiger partial charge is 0.122 e. The Balaban J connectivity index is 1.95. The Bertz CT molecular complexity index is 576. The predicted molar refractivity (Wildman–Crippen MR) is 84.6 cm³/mol. The Morgan fingerprint density at radius 3 is 2.95 bits per heavy atom. The first-order chi connectivity index (χ1) is 9.16. The summed E-state index contributed by atoms with van der Waals surface area (Å²) in [4.78, 5) is 2.51. The zero-order chi connectivity index (χ0) is 13.4. The molecule has 4 heteroatoms. The van der Waals surface area contributed by atoms with E-state index in [1.807, 2.05) is 12.1 Å². The number of hydrogen-bond donors (Lipinski definition) is 0. The maximum absolute atomic E-state index is 6.73. The van der Waals surface area contributed by atoms with Gasteiger partial charge in [0.15, 0.2) is 0 Å². The third kappa shape index (κ3) is 2.56. The monoisotopic (exact) mass is 356 g/mol. The van der Waals surface area contributed by atoms with Crippen LogP contribution in [0.1, 0.15) is 33.0 Å². The number of ether oxygens (including phenoxy) is 1. The highest BCUT2D eigenvalue weighted by Crippen LogP contribution is 2.47. The van der Waals surface area contributed by atoms with Crippen LogP contribution in [0.3, 0.4) is 0 Å². The molecule has 19 heavy (non-hydrogen) atoms. The molecule has 1 aromatic heterocycles. The van der Waals surface area contributed by atoms with E-state index in [-0.39, 0.29) is 5.38 Å². The first-order valence-electron chi connectivity index (χ1n) is 6.28. The topological polar surface area (TPSA) is 9.23 Å². The van der Waals surface area contributed by atoms with Crippen LogP contribution in [0.15, 0.2) is 34.8 Å². The molecule has 1 aromatic carbocycles. The fourth-order valence-electron chi connectivity index (χ4n) is 2.49. The highest BCUT2D eigenvalue weighted by atomic mass is 79.9. The fraction of sp³-hybridized carbons (Fsp3) is 0.333. The van der Waals surface area contributed by atoms with Gasteiger partial charge in [-0.05, 0) is 47.0 Å². The minimum atomic E-state index is 0.0139. The summed E-state index contributed by atoms with van der Waals surface area (Å²) in [5.74, 6) is 1.31. The summed E-state index contributed by atoms with van der Waals surface area (Å²) < 4.78 is 6.86. The van der Waals surface area contributed by atoms with Gasteiger partial charge in [-0.25, -0.2) is 0 Å². The Labute approximate surface area is 130 Å². The van der Waals surface area contributed by atoms with Crippen molar-refractivity contribution < 1.29 is 4.74 Å². The van der Waals surface area contributed by atoms with Gasteiger partial charge in [-0.1, -0.05) is 18.2 Å². The quantitative estimate of drug-likeness (QED) is 0.630. The van der Waals surface area contributed by atoms with Gasteiger partial charge in [0.1, 0.15) is 5.75 Å². The molecular formula is C15H14BrClOS. The second kappa shape index (κ2) is 5.47. The van der Waals surface area contributed by atoms with Gasteiger partial charge in [-0.2, -0.15) is 0 Å². The van der Waals surface area contributed by atoms with E-state index in [4.69, 9.17) is 16.3 Å². The van der Waals surface area contributed by atoms with E-state index in [1.54, 1.807) is 11.3 Å². The number of halogens is 2. The van der Waals surface area contributed by atoms with Crippen LogP contribution in [-0.4, -0.2) is 6.61 Å². The molecule has 1 nitrogen and oxygen atoms in total. The number of fused-ring (bicyclic) bond motifs is 1. The molecule has 0 amide bonds. The highest BCUT2D eigenvalue weighted by molar-refractivity contribution is 9.10. The largest absolute Gasteiger partial charge is 0.493 e. The van der Waals surface area contributed by atoms with E-state index in [2.05, 4.69) is 41.1 Å². The number of thiophene rings is 1. The van der Waals surface area contributed by atoms with Crippen LogP contribution in [0.25, 0.3) is 0 Å². The van der Waals surface area contributed by atoms with Crippen LogP contribution in [0, 0.1) is 6.92 Å². The van der Waals surface area contributed by atoms with Crippen molar-refractivity contribution >= 4 is 38.9 Å². The number of rotatable bonds is 2. The molecule has 0 radical (unpaired) electrons. The van der Waals surface area contributed by atoms with Crippen molar-refractivity contribution in [2.24, 2.45) is 0 Å². The summed E-state index contributed by atoms with van der Waals surface area (Å²) in [7, 11) is 0. The molecular weight excluding hydrogens is 344 g/mol. The molecule has 0 N–H and O–H groups in total. The molecule has 0 spiro atoms. The zero-order valence-corrected chi connectivity index (χ0v) is 13.7. The van der Waals surface area contributed by atoms with Crippen molar-refractivity contribution in [2.75, 3.05) is 6.61 Å². The van der Waals surface area contributed by atoms with Crippen molar-refractivity contribution in [1.29, 1.82) is 0 Å². The van der Waals surface area contributed by atoms with E-state index in [0.29, 0.717) is 5.92 Å². The lowest BCUT2D eigenvalue weighted by atomic mass is 9.89. The lowest BCUT2D eigenvalue weighted by Crippen LogP contribution is -2.17. The second-order valence-corrected chi connectivity index (χ2v) is 7.35. The number of benzene rings is 1. The maximum atomic E-state index is 6.73. The highest BCUT2D eigenvalue weighted by Gasteiger charge is 2.29. The Morgan fingerprint density at radius 1 is 1.42 bits per heavy atom. The first kappa shape index (κ1) is 13.5. The second-order valence-electron chi connectivity index (χ2n) is 4.74. The molecule has 1 aliphatic rings. The van der Waals surface area contributed by atoms with Crippen molar-refractivity contribution in [3.8, 4) is 5.75 Å². The molecule has 0 saturated carbocycles. The molecule has 2 unspecified atom stereocenters. The summed E-state index contributed by atoms with van der Waals surface area (Å²) in [5.41, 5.74) is 1.23. The van der Waals surface area contributed by atoms with Crippen LogP contribution in [0.4, 0.5) is 0 Å². The third-order valence-corrected chi connectivity index (χ3v) is 6.39. The molecule has 0 bridgehead atoms. The molecule has 1 aliphatic heterocycles. The molecule has 100 valence electrons. The molecule has 2 aromatic rings. The van der Waals surface area contributed by atoms with Crippen LogP contribution >= 0.6 is 38.9 Å². The van der Waals surface area contributed by atoms with Crippen molar-refractivity contribution in [1.82, 2.24) is 0 Å².